The molecule has 0 saturated carbocycles. The highest BCUT2D eigenvalue weighted by Gasteiger charge is 2.34. The molecule has 0 N–H and O–H groups in total. The third-order valence-corrected chi connectivity index (χ3v) is 3.04. The molecule has 0 spiro atoms. The van der Waals surface area contributed by atoms with E-state index in [4.69, 9.17) is 0 Å². The lowest BCUT2D eigenvalue weighted by Crippen LogP contribution is -2.35. The Morgan fingerprint density at radius 3 is 1.08 bits per heavy atom. The number of halogens is 2. The number of carbonyl (C=O) groups is 5. The Bertz CT molecular complexity index is 780. The van der Waals surface area contributed by atoms with Crippen molar-refractivity contribution in [2.24, 2.45) is 0 Å². The molecule has 0 aromatic heterocycles. The van der Waals surface area contributed by atoms with E-state index in [1.807, 2.05) is 0 Å². The summed E-state index contributed by atoms with van der Waals surface area (Å²) in [5.74, 6) is -9.20. The van der Waals surface area contributed by atoms with Gasteiger partial charge in [-0.1, -0.05) is 0 Å². The lowest BCUT2D eigenvalue weighted by Gasteiger charge is -2.00. The smallest absolute Gasteiger partial charge is 0.281 e. The van der Waals surface area contributed by atoms with E-state index < -0.39 is 40.6 Å². The van der Waals surface area contributed by atoms with Crippen molar-refractivity contribution in [3.8, 4) is 0 Å². The van der Waals surface area contributed by atoms with E-state index in [2.05, 4.69) is 0 Å². The van der Waals surface area contributed by atoms with E-state index in [1.165, 1.54) is 0 Å². The summed E-state index contributed by atoms with van der Waals surface area (Å²) in [4.78, 5) is 58.8. The van der Waals surface area contributed by atoms with E-state index >= 15 is 0 Å². The molecule has 0 bridgehead atoms. The molecule has 0 unspecified atom stereocenters. The SMILES string of the molecule is O=C(C(=O)C(=O)c1ccc(F)cc1)C(=O)C(=O)c1ccc(F)cc1. The lowest BCUT2D eigenvalue weighted by atomic mass is 9.98. The van der Waals surface area contributed by atoms with Crippen molar-refractivity contribution in [3.05, 3.63) is 71.3 Å². The Morgan fingerprint density at radius 2 is 0.792 bits per heavy atom. The number of benzene rings is 2. The van der Waals surface area contributed by atoms with E-state index in [0.29, 0.717) is 0 Å². The fourth-order valence-corrected chi connectivity index (χ4v) is 1.77. The molecule has 0 atom stereocenters. The van der Waals surface area contributed by atoms with Gasteiger partial charge in [0.05, 0.1) is 0 Å². The summed E-state index contributed by atoms with van der Waals surface area (Å²) in [7, 11) is 0. The number of carbonyl (C=O) groups excluding carboxylic acids is 5. The summed E-state index contributed by atoms with van der Waals surface area (Å²) >= 11 is 0. The predicted octanol–water partition coefficient (Wildman–Crippen LogP) is 1.74. The molecule has 0 saturated heterocycles. The molecule has 24 heavy (non-hydrogen) atoms. The van der Waals surface area contributed by atoms with Gasteiger partial charge in [-0.25, -0.2) is 8.78 Å². The Hall–Kier alpha value is -3.35. The van der Waals surface area contributed by atoms with Gasteiger partial charge in [-0.2, -0.15) is 0 Å². The number of hydrogen-bond donors (Lipinski definition) is 0. The van der Waals surface area contributed by atoms with E-state index in [1.54, 1.807) is 0 Å². The maximum atomic E-state index is 12.8. The molecule has 0 fully saturated rings. The average Bonchev–Trinajstić information content (AvgIpc) is 2.60. The third kappa shape index (κ3) is 3.52. The van der Waals surface area contributed by atoms with Gasteiger partial charge >= 0.3 is 0 Å². The van der Waals surface area contributed by atoms with Crippen LogP contribution in [0.25, 0.3) is 0 Å². The van der Waals surface area contributed by atoms with Gasteiger partial charge in [-0.15, -0.1) is 0 Å². The van der Waals surface area contributed by atoms with Crippen molar-refractivity contribution in [2.45, 2.75) is 0 Å². The van der Waals surface area contributed by atoms with Gasteiger partial charge in [0, 0.05) is 11.1 Å². The van der Waals surface area contributed by atoms with Gasteiger partial charge in [-0.3, -0.25) is 24.0 Å². The Labute approximate surface area is 133 Å². The molecule has 2 aromatic rings. The van der Waals surface area contributed by atoms with E-state index in [0.717, 1.165) is 48.5 Å². The van der Waals surface area contributed by atoms with Crippen LogP contribution in [0.5, 0.6) is 0 Å². The molecule has 0 radical (unpaired) electrons. The standard InChI is InChI=1S/C17H8F2O5/c18-11-5-1-9(2-6-11)13(20)15(22)17(24)16(23)14(21)10-3-7-12(19)8-4-10/h1-8H. The van der Waals surface area contributed by atoms with Crippen LogP contribution in [0.4, 0.5) is 8.78 Å². The van der Waals surface area contributed by atoms with Crippen molar-refractivity contribution >= 4 is 28.9 Å². The fourth-order valence-electron chi connectivity index (χ4n) is 1.77. The minimum absolute atomic E-state index is 0.295. The van der Waals surface area contributed by atoms with Crippen molar-refractivity contribution in [3.63, 3.8) is 0 Å². The number of rotatable bonds is 6. The summed E-state index contributed by atoms with van der Waals surface area (Å²) in [5, 5.41) is 0. The van der Waals surface area contributed by atoms with Gasteiger partial charge in [-0.05, 0) is 48.5 Å². The molecular weight excluding hydrogens is 322 g/mol. The first kappa shape index (κ1) is 17.0. The van der Waals surface area contributed by atoms with Crippen LogP contribution >= 0.6 is 0 Å². The molecular formula is C17H8F2O5. The second kappa shape index (κ2) is 6.82. The zero-order valence-corrected chi connectivity index (χ0v) is 11.9. The monoisotopic (exact) mass is 330 g/mol. The van der Waals surface area contributed by atoms with Crippen LogP contribution in [-0.2, 0) is 14.4 Å². The van der Waals surface area contributed by atoms with Gasteiger partial charge in [0.2, 0.25) is 11.6 Å². The zero-order chi connectivity index (χ0) is 17.9. The molecule has 0 aliphatic rings. The second-order valence-corrected chi connectivity index (χ2v) is 4.66. The minimum Gasteiger partial charge on any atom is -0.285 e. The summed E-state index contributed by atoms with van der Waals surface area (Å²) in [5.41, 5.74) is -0.589. The Morgan fingerprint density at radius 1 is 0.500 bits per heavy atom. The molecule has 7 heteroatoms. The maximum absolute atomic E-state index is 12.8. The fraction of sp³-hybridized carbons (Fsp3) is 0. The Balaban J connectivity index is 2.17. The normalized spacial score (nSPS) is 10.1. The van der Waals surface area contributed by atoms with Crippen LogP contribution in [0.15, 0.2) is 48.5 Å². The quantitative estimate of drug-likeness (QED) is 0.457. The highest BCUT2D eigenvalue weighted by molar-refractivity contribution is 6.88. The highest BCUT2D eigenvalue weighted by atomic mass is 19.1. The first-order chi connectivity index (χ1) is 11.3. The first-order valence-electron chi connectivity index (χ1n) is 6.54. The summed E-state index contributed by atoms with van der Waals surface area (Å²) in [6.45, 7) is 0. The summed E-state index contributed by atoms with van der Waals surface area (Å²) in [6, 6.07) is 7.47. The van der Waals surface area contributed by atoms with Crippen LogP contribution in [0.2, 0.25) is 0 Å². The minimum atomic E-state index is -1.81. The molecule has 0 heterocycles. The van der Waals surface area contributed by atoms with Crippen LogP contribution in [0.3, 0.4) is 0 Å². The average molecular weight is 330 g/mol. The predicted molar refractivity (Wildman–Crippen MR) is 76.5 cm³/mol. The van der Waals surface area contributed by atoms with Crippen LogP contribution in [0.1, 0.15) is 20.7 Å². The summed E-state index contributed by atoms with van der Waals surface area (Å²) < 4.78 is 25.5. The molecule has 2 aromatic carbocycles. The van der Waals surface area contributed by atoms with Crippen LogP contribution in [-0.4, -0.2) is 28.9 Å². The van der Waals surface area contributed by atoms with Gasteiger partial charge in [0.15, 0.2) is 0 Å². The van der Waals surface area contributed by atoms with Crippen LogP contribution in [0, 0.1) is 11.6 Å². The maximum Gasteiger partial charge on any atom is 0.281 e. The molecule has 0 aliphatic carbocycles. The topological polar surface area (TPSA) is 85.3 Å². The van der Waals surface area contributed by atoms with Crippen molar-refractivity contribution in [1.82, 2.24) is 0 Å². The Kier molecular flexibility index (Phi) is 4.84. The van der Waals surface area contributed by atoms with Gasteiger partial charge in [0.1, 0.15) is 11.6 Å². The van der Waals surface area contributed by atoms with Gasteiger partial charge in [0.25, 0.3) is 17.3 Å². The molecule has 120 valence electrons. The number of hydrogen-bond acceptors (Lipinski definition) is 5. The molecule has 2 rings (SSSR count). The van der Waals surface area contributed by atoms with Crippen molar-refractivity contribution in [2.75, 3.05) is 0 Å². The van der Waals surface area contributed by atoms with Crippen molar-refractivity contribution < 1.29 is 32.8 Å². The van der Waals surface area contributed by atoms with Crippen molar-refractivity contribution in [1.29, 1.82) is 0 Å². The van der Waals surface area contributed by atoms with Gasteiger partial charge < -0.3 is 0 Å². The third-order valence-electron chi connectivity index (χ3n) is 3.04. The van der Waals surface area contributed by atoms with Crippen LogP contribution < -0.4 is 0 Å². The molecule has 0 aliphatic heterocycles. The zero-order valence-electron chi connectivity index (χ0n) is 11.9. The number of Topliss-reactive ketones (excluding diaryl/α,β-unsaturated/α-hetero) is 5. The van der Waals surface area contributed by atoms with E-state index in [9.17, 15) is 32.8 Å². The van der Waals surface area contributed by atoms with E-state index in [-0.39, 0.29) is 11.1 Å². The number of ketones is 5. The highest BCUT2D eigenvalue weighted by Crippen LogP contribution is 2.07. The largest absolute Gasteiger partial charge is 0.285 e. The second-order valence-electron chi connectivity index (χ2n) is 4.66. The first-order valence-corrected chi connectivity index (χ1v) is 6.54. The molecule has 0 amide bonds. The lowest BCUT2D eigenvalue weighted by molar-refractivity contribution is -0.140. The molecule has 5 nitrogen and oxygen atoms in total. The summed E-state index contributed by atoms with van der Waals surface area (Å²) in [6.07, 6.45) is 0.